The normalized spacial score (nSPS) is 14.5. The summed E-state index contributed by atoms with van der Waals surface area (Å²) in [4.78, 5) is 11.1. The van der Waals surface area contributed by atoms with E-state index in [1.165, 1.54) is 13.0 Å². The van der Waals surface area contributed by atoms with Crippen LogP contribution in [0.2, 0.25) is 0 Å². The zero-order chi connectivity index (χ0) is 12.3. The topological polar surface area (TPSA) is 69.1 Å². The van der Waals surface area contributed by atoms with E-state index in [4.69, 9.17) is 11.5 Å². The Morgan fingerprint density at radius 1 is 1.50 bits per heavy atom. The largest absolute Gasteiger partial charge is 0.368 e. The van der Waals surface area contributed by atoms with Crippen molar-refractivity contribution in [3.8, 4) is 0 Å². The van der Waals surface area contributed by atoms with E-state index in [1.807, 2.05) is 0 Å². The molecule has 0 heterocycles. The molecule has 0 aliphatic heterocycles. The van der Waals surface area contributed by atoms with E-state index in [-0.39, 0.29) is 10.6 Å². The van der Waals surface area contributed by atoms with Crippen molar-refractivity contribution in [2.45, 2.75) is 17.4 Å². The molecule has 0 bridgehead atoms. The summed E-state index contributed by atoms with van der Waals surface area (Å²) in [6.45, 7) is 1.46. The SMILES string of the molecule is CC(N)(CSc1ccc(F)cc1F)C(N)=O. The van der Waals surface area contributed by atoms with Crippen LogP contribution in [0.4, 0.5) is 8.78 Å². The summed E-state index contributed by atoms with van der Waals surface area (Å²) in [6.07, 6.45) is 0. The zero-order valence-corrected chi connectivity index (χ0v) is 9.48. The van der Waals surface area contributed by atoms with Crippen LogP contribution in [0.3, 0.4) is 0 Å². The minimum atomic E-state index is -1.22. The Kier molecular flexibility index (Phi) is 3.88. The van der Waals surface area contributed by atoms with Crippen molar-refractivity contribution < 1.29 is 13.6 Å². The predicted octanol–water partition coefficient (Wildman–Crippen LogP) is 1.26. The summed E-state index contributed by atoms with van der Waals surface area (Å²) < 4.78 is 25.8. The Morgan fingerprint density at radius 3 is 2.62 bits per heavy atom. The molecule has 0 spiro atoms. The lowest BCUT2D eigenvalue weighted by atomic mass is 10.1. The molecule has 1 aromatic rings. The Labute approximate surface area is 96.2 Å². The molecule has 0 aliphatic carbocycles. The molecule has 0 radical (unpaired) electrons. The van der Waals surface area contributed by atoms with Gasteiger partial charge in [-0.2, -0.15) is 0 Å². The lowest BCUT2D eigenvalue weighted by Crippen LogP contribution is -2.51. The Hall–Kier alpha value is -1.14. The number of primary amides is 1. The van der Waals surface area contributed by atoms with Gasteiger partial charge in [-0.25, -0.2) is 8.78 Å². The van der Waals surface area contributed by atoms with Crippen LogP contribution in [0.25, 0.3) is 0 Å². The molecular weight excluding hydrogens is 234 g/mol. The van der Waals surface area contributed by atoms with Gasteiger partial charge in [-0.15, -0.1) is 11.8 Å². The molecule has 88 valence electrons. The molecule has 1 aromatic carbocycles. The minimum Gasteiger partial charge on any atom is -0.368 e. The smallest absolute Gasteiger partial charge is 0.238 e. The summed E-state index contributed by atoms with van der Waals surface area (Å²) in [5, 5.41) is 0. The van der Waals surface area contributed by atoms with E-state index in [2.05, 4.69) is 0 Å². The molecule has 0 saturated heterocycles. The van der Waals surface area contributed by atoms with E-state index in [0.717, 1.165) is 23.9 Å². The Morgan fingerprint density at radius 2 is 2.12 bits per heavy atom. The van der Waals surface area contributed by atoms with Gasteiger partial charge in [0.1, 0.15) is 17.2 Å². The Balaban J connectivity index is 2.72. The molecule has 16 heavy (non-hydrogen) atoms. The summed E-state index contributed by atoms with van der Waals surface area (Å²) in [5.41, 5.74) is 9.44. The number of carbonyl (C=O) groups is 1. The van der Waals surface area contributed by atoms with Gasteiger partial charge in [-0.05, 0) is 19.1 Å². The lowest BCUT2D eigenvalue weighted by Gasteiger charge is -2.19. The number of thioether (sulfide) groups is 1. The Bertz CT molecular complexity index is 410. The van der Waals surface area contributed by atoms with Crippen LogP contribution in [-0.2, 0) is 4.79 Å². The molecule has 6 heteroatoms. The number of carbonyl (C=O) groups excluding carboxylic acids is 1. The average Bonchev–Trinajstić information content (AvgIpc) is 2.16. The highest BCUT2D eigenvalue weighted by Gasteiger charge is 2.26. The first-order valence-electron chi connectivity index (χ1n) is 4.49. The first-order chi connectivity index (χ1) is 7.33. The summed E-state index contributed by atoms with van der Waals surface area (Å²) >= 11 is 1.02. The highest BCUT2D eigenvalue weighted by molar-refractivity contribution is 7.99. The molecule has 0 fully saturated rings. The van der Waals surface area contributed by atoms with Crippen LogP contribution in [0.1, 0.15) is 6.92 Å². The first kappa shape index (κ1) is 12.9. The van der Waals surface area contributed by atoms with Crippen molar-refractivity contribution in [3.63, 3.8) is 0 Å². The number of rotatable bonds is 4. The van der Waals surface area contributed by atoms with Crippen molar-refractivity contribution in [2.75, 3.05) is 5.75 Å². The van der Waals surface area contributed by atoms with Gasteiger partial charge in [0.25, 0.3) is 0 Å². The van der Waals surface area contributed by atoms with Crippen LogP contribution < -0.4 is 11.5 Å². The van der Waals surface area contributed by atoms with E-state index >= 15 is 0 Å². The van der Waals surface area contributed by atoms with Crippen LogP contribution in [0, 0.1) is 11.6 Å². The van der Waals surface area contributed by atoms with Crippen LogP contribution in [0.5, 0.6) is 0 Å². The quantitative estimate of drug-likeness (QED) is 0.786. The maximum absolute atomic E-state index is 13.2. The van der Waals surface area contributed by atoms with Gasteiger partial charge >= 0.3 is 0 Å². The number of nitrogens with two attached hydrogens (primary N) is 2. The summed E-state index contributed by atoms with van der Waals surface area (Å²) in [7, 11) is 0. The molecule has 4 N–H and O–H groups in total. The average molecular weight is 246 g/mol. The monoisotopic (exact) mass is 246 g/mol. The van der Waals surface area contributed by atoms with Gasteiger partial charge in [-0.3, -0.25) is 4.79 Å². The molecule has 3 nitrogen and oxygen atoms in total. The molecule has 1 unspecified atom stereocenters. The number of hydrogen-bond acceptors (Lipinski definition) is 3. The number of halogens is 2. The van der Waals surface area contributed by atoms with Crippen molar-refractivity contribution in [3.05, 3.63) is 29.8 Å². The fraction of sp³-hybridized carbons (Fsp3) is 0.300. The lowest BCUT2D eigenvalue weighted by molar-refractivity contribution is -0.121. The van der Waals surface area contributed by atoms with Gasteiger partial charge in [0, 0.05) is 16.7 Å². The molecule has 1 atom stereocenters. The standard InChI is InChI=1S/C10H12F2N2OS/c1-10(14,9(13)15)5-16-8-3-2-6(11)4-7(8)12/h2-4H,5,14H2,1H3,(H2,13,15). The second-order valence-electron chi connectivity index (χ2n) is 3.65. The summed E-state index contributed by atoms with van der Waals surface area (Å²) in [5.74, 6) is -1.86. The molecule has 1 amide bonds. The van der Waals surface area contributed by atoms with E-state index < -0.39 is 23.1 Å². The zero-order valence-electron chi connectivity index (χ0n) is 8.67. The predicted molar refractivity (Wildman–Crippen MR) is 58.9 cm³/mol. The molecule has 0 aliphatic rings. The molecule has 0 aromatic heterocycles. The third-order valence-corrected chi connectivity index (χ3v) is 3.37. The number of benzene rings is 1. The van der Waals surface area contributed by atoms with Crippen molar-refractivity contribution in [2.24, 2.45) is 11.5 Å². The second kappa shape index (κ2) is 4.80. The maximum Gasteiger partial charge on any atom is 0.238 e. The van der Waals surface area contributed by atoms with Gasteiger partial charge in [0.2, 0.25) is 5.91 Å². The van der Waals surface area contributed by atoms with Crippen LogP contribution in [0.15, 0.2) is 23.1 Å². The van der Waals surface area contributed by atoms with E-state index in [0.29, 0.717) is 0 Å². The molecule has 1 rings (SSSR count). The molecular formula is C10H12F2N2OS. The summed E-state index contributed by atoms with van der Waals surface area (Å²) in [6, 6.07) is 3.22. The van der Waals surface area contributed by atoms with Crippen molar-refractivity contribution >= 4 is 17.7 Å². The highest BCUT2D eigenvalue weighted by atomic mass is 32.2. The van der Waals surface area contributed by atoms with Gasteiger partial charge in [-0.1, -0.05) is 0 Å². The molecule has 0 saturated carbocycles. The van der Waals surface area contributed by atoms with Gasteiger partial charge < -0.3 is 11.5 Å². The van der Waals surface area contributed by atoms with Crippen molar-refractivity contribution in [1.29, 1.82) is 0 Å². The third kappa shape index (κ3) is 3.18. The van der Waals surface area contributed by atoms with Crippen LogP contribution >= 0.6 is 11.8 Å². The highest BCUT2D eigenvalue weighted by Crippen LogP contribution is 2.24. The first-order valence-corrected chi connectivity index (χ1v) is 5.48. The fourth-order valence-corrected chi connectivity index (χ4v) is 1.85. The van der Waals surface area contributed by atoms with Gasteiger partial charge in [0.05, 0.1) is 0 Å². The third-order valence-electron chi connectivity index (χ3n) is 1.98. The van der Waals surface area contributed by atoms with Crippen LogP contribution in [-0.4, -0.2) is 17.2 Å². The fourth-order valence-electron chi connectivity index (χ4n) is 0.891. The van der Waals surface area contributed by atoms with E-state index in [1.54, 1.807) is 0 Å². The van der Waals surface area contributed by atoms with Crippen molar-refractivity contribution in [1.82, 2.24) is 0 Å². The number of amides is 1. The maximum atomic E-state index is 13.2. The minimum absolute atomic E-state index is 0.130. The second-order valence-corrected chi connectivity index (χ2v) is 4.66. The van der Waals surface area contributed by atoms with E-state index in [9.17, 15) is 13.6 Å². The number of hydrogen-bond donors (Lipinski definition) is 2. The van der Waals surface area contributed by atoms with Gasteiger partial charge in [0.15, 0.2) is 0 Å².